The average molecular weight is 575 g/mol. The maximum atomic E-state index is 13.4. The summed E-state index contributed by atoms with van der Waals surface area (Å²) in [6.07, 6.45) is 0. The Kier molecular flexibility index (Phi) is 6.60. The highest BCUT2D eigenvalue weighted by atomic mass is 32.3. The van der Waals surface area contributed by atoms with Crippen LogP contribution in [0.1, 0.15) is 11.1 Å². The number of rotatable bonds is 9. The Morgan fingerprint density at radius 3 is 1.72 bits per heavy atom. The van der Waals surface area contributed by atoms with Crippen LogP contribution in [-0.2, 0) is 26.5 Å². The molecule has 1 aliphatic rings. The van der Waals surface area contributed by atoms with E-state index in [0.29, 0.717) is 16.9 Å². The number of methoxy groups -OCH3 is 1. The van der Waals surface area contributed by atoms with Gasteiger partial charge in [-0.15, -0.1) is 3.89 Å². The van der Waals surface area contributed by atoms with Crippen LogP contribution >= 0.6 is 0 Å². The summed E-state index contributed by atoms with van der Waals surface area (Å²) in [5.41, 5.74) is 2.73. The van der Waals surface area contributed by atoms with Gasteiger partial charge in [0.25, 0.3) is 10.2 Å². The van der Waals surface area contributed by atoms with Gasteiger partial charge in [-0.05, 0) is 66.2 Å². The van der Waals surface area contributed by atoms with E-state index in [1.165, 1.54) is 48.5 Å². The summed E-state index contributed by atoms with van der Waals surface area (Å²) in [6.45, 7) is 0. The van der Waals surface area contributed by atoms with Crippen molar-refractivity contribution >= 4 is 26.6 Å². The van der Waals surface area contributed by atoms with Crippen molar-refractivity contribution in [2.75, 3.05) is 7.11 Å². The SMILES string of the molecule is C=S(=O)(F)Oc1ccc(OC2(Oc3ccc(OS(=O)(=O)F)cc3)c3ccccc3-c3c(OC)cccc32)cc1. The van der Waals surface area contributed by atoms with Crippen molar-refractivity contribution in [1.29, 1.82) is 0 Å². The molecule has 0 amide bonds. The molecule has 4 aromatic rings. The van der Waals surface area contributed by atoms with Crippen LogP contribution in [0.25, 0.3) is 11.1 Å². The first-order chi connectivity index (χ1) is 18.5. The van der Waals surface area contributed by atoms with Gasteiger partial charge in [-0.2, -0.15) is 12.6 Å². The molecule has 0 spiro atoms. The van der Waals surface area contributed by atoms with Crippen molar-refractivity contribution in [2.45, 2.75) is 5.79 Å². The molecule has 4 aromatic carbocycles. The van der Waals surface area contributed by atoms with Crippen molar-refractivity contribution in [3.8, 4) is 39.9 Å². The first-order valence-electron chi connectivity index (χ1n) is 11.2. The van der Waals surface area contributed by atoms with Crippen molar-refractivity contribution in [3.05, 3.63) is 102 Å². The van der Waals surface area contributed by atoms with E-state index in [1.54, 1.807) is 19.2 Å². The van der Waals surface area contributed by atoms with Crippen LogP contribution in [0.5, 0.6) is 28.7 Å². The molecule has 5 rings (SSSR count). The second-order valence-corrected chi connectivity index (χ2v) is 10.5. The first kappa shape index (κ1) is 26.3. The molecule has 0 saturated carbocycles. The standard InChI is InChI=1S/C27H20F2O8S2/c1-33-25-9-5-8-24-26(25)22-6-3-4-7-23(22)27(24,34-18-10-14-20(15-11-18)36-38(2,28)30)35-19-12-16-21(17-13-19)37-39(29,31)32/h3-17H,2H2,1H3. The number of halogens is 2. The molecular weight excluding hydrogens is 554 g/mol. The van der Waals surface area contributed by atoms with Gasteiger partial charge in [-0.25, -0.2) is 0 Å². The highest BCUT2D eigenvalue weighted by molar-refractivity contribution is 7.91. The fourth-order valence-corrected chi connectivity index (χ4v) is 5.08. The van der Waals surface area contributed by atoms with E-state index >= 15 is 0 Å². The van der Waals surface area contributed by atoms with Crippen LogP contribution < -0.4 is 22.6 Å². The smallest absolute Gasteiger partial charge is 0.488 e. The van der Waals surface area contributed by atoms with Crippen molar-refractivity contribution in [1.82, 2.24) is 0 Å². The molecule has 12 heteroatoms. The number of hydrogen-bond acceptors (Lipinski definition) is 8. The van der Waals surface area contributed by atoms with Gasteiger partial charge in [0.15, 0.2) is 0 Å². The van der Waals surface area contributed by atoms with Gasteiger partial charge in [0.05, 0.1) is 12.7 Å². The molecule has 1 aliphatic carbocycles. The minimum absolute atomic E-state index is 0.0212. The Balaban J connectivity index is 1.62. The van der Waals surface area contributed by atoms with Gasteiger partial charge in [0.1, 0.15) is 28.7 Å². The summed E-state index contributed by atoms with van der Waals surface area (Å²) in [6, 6.07) is 23.7. The summed E-state index contributed by atoms with van der Waals surface area (Å²) in [7, 11) is -7.88. The number of hydrogen-bond donors (Lipinski definition) is 0. The van der Waals surface area contributed by atoms with E-state index in [0.717, 1.165) is 11.1 Å². The fraction of sp³-hybridized carbons (Fsp3) is 0.0741. The molecular formula is C27H20F2O8S2. The highest BCUT2D eigenvalue weighted by Gasteiger charge is 2.49. The fourth-order valence-electron chi connectivity index (χ4n) is 4.34. The predicted octanol–water partition coefficient (Wildman–Crippen LogP) is 5.52. The van der Waals surface area contributed by atoms with Crippen LogP contribution in [0, 0.1) is 0 Å². The van der Waals surface area contributed by atoms with E-state index in [1.807, 2.05) is 30.3 Å². The summed E-state index contributed by atoms with van der Waals surface area (Å²) in [5.74, 6) is 2.07. The third kappa shape index (κ3) is 5.47. The zero-order valence-electron chi connectivity index (χ0n) is 20.2. The third-order valence-electron chi connectivity index (χ3n) is 5.74. The van der Waals surface area contributed by atoms with Gasteiger partial charge >= 0.3 is 16.3 Å². The Morgan fingerprint density at radius 2 is 1.18 bits per heavy atom. The molecule has 0 aliphatic heterocycles. The number of ether oxygens (including phenoxy) is 3. The van der Waals surface area contributed by atoms with Gasteiger partial charge < -0.3 is 22.6 Å². The van der Waals surface area contributed by atoms with Gasteiger partial charge in [0.2, 0.25) is 0 Å². The molecule has 0 saturated heterocycles. The molecule has 2 unspecified atom stereocenters. The minimum atomic E-state index is -5.20. The topological polar surface area (TPSA) is 97.4 Å². The maximum Gasteiger partial charge on any atom is 0.488 e. The van der Waals surface area contributed by atoms with Gasteiger partial charge in [-0.3, -0.25) is 0 Å². The van der Waals surface area contributed by atoms with Crippen LogP contribution in [0.15, 0.2) is 91.0 Å². The lowest BCUT2D eigenvalue weighted by Gasteiger charge is -2.33. The van der Waals surface area contributed by atoms with E-state index < -0.39 is 26.5 Å². The Morgan fingerprint density at radius 1 is 0.667 bits per heavy atom. The normalized spacial score (nSPS) is 17.3. The average Bonchev–Trinajstić information content (AvgIpc) is 3.14. The largest absolute Gasteiger partial charge is 0.496 e. The molecule has 0 aromatic heterocycles. The van der Waals surface area contributed by atoms with Crippen LogP contribution in [0.3, 0.4) is 0 Å². The lowest BCUT2D eigenvalue weighted by molar-refractivity contribution is -0.0807. The summed E-state index contributed by atoms with van der Waals surface area (Å²) in [5, 5.41) is 0. The molecule has 8 nitrogen and oxygen atoms in total. The van der Waals surface area contributed by atoms with E-state index in [4.69, 9.17) is 18.4 Å². The summed E-state index contributed by atoms with van der Waals surface area (Å²) in [4.78, 5) is 0. The van der Waals surface area contributed by atoms with Crippen LogP contribution in [0.2, 0.25) is 0 Å². The van der Waals surface area contributed by atoms with Gasteiger partial charge in [-0.1, -0.05) is 34.2 Å². The monoisotopic (exact) mass is 574 g/mol. The van der Waals surface area contributed by atoms with Crippen molar-refractivity contribution in [3.63, 3.8) is 0 Å². The molecule has 39 heavy (non-hydrogen) atoms. The van der Waals surface area contributed by atoms with E-state index in [9.17, 15) is 20.4 Å². The highest BCUT2D eigenvalue weighted by Crippen LogP contribution is 2.53. The zero-order valence-corrected chi connectivity index (χ0v) is 21.8. The van der Waals surface area contributed by atoms with Crippen molar-refractivity contribution < 1.29 is 43.0 Å². The maximum absolute atomic E-state index is 13.4. The van der Waals surface area contributed by atoms with Crippen molar-refractivity contribution in [2.24, 2.45) is 0 Å². The zero-order chi connectivity index (χ0) is 27.8. The lowest BCUT2D eigenvalue weighted by atomic mass is 10.0. The summed E-state index contributed by atoms with van der Waals surface area (Å²) < 4.78 is 87.0. The molecule has 0 N–H and O–H groups in total. The van der Waals surface area contributed by atoms with Crippen LogP contribution in [-0.4, -0.2) is 25.6 Å². The second-order valence-electron chi connectivity index (χ2n) is 8.29. The Hall–Kier alpha value is -4.29. The minimum Gasteiger partial charge on any atom is -0.496 e. The lowest BCUT2D eigenvalue weighted by Crippen LogP contribution is -2.39. The predicted molar refractivity (Wildman–Crippen MR) is 141 cm³/mol. The quantitative estimate of drug-likeness (QED) is 0.146. The molecule has 0 fully saturated rings. The van der Waals surface area contributed by atoms with E-state index in [2.05, 4.69) is 10.1 Å². The second kappa shape index (κ2) is 9.79. The van der Waals surface area contributed by atoms with E-state index in [-0.39, 0.29) is 23.0 Å². The third-order valence-corrected chi connectivity index (χ3v) is 6.57. The summed E-state index contributed by atoms with van der Waals surface area (Å²) >= 11 is 0. The molecule has 202 valence electrons. The first-order valence-corrected chi connectivity index (χ1v) is 14.1. The Labute approximate surface area is 224 Å². The van der Waals surface area contributed by atoms with Crippen LogP contribution in [0.4, 0.5) is 7.77 Å². The number of fused-ring (bicyclic) bond motifs is 3. The molecule has 2 atom stereocenters. The number of benzene rings is 4. The Bertz CT molecular complexity index is 1660. The van der Waals surface area contributed by atoms with Gasteiger partial charge in [0, 0.05) is 17.0 Å². The molecule has 0 radical (unpaired) electrons. The molecule has 0 heterocycles. The molecule has 0 bridgehead atoms.